The van der Waals surface area contributed by atoms with Crippen LogP contribution in [0.25, 0.3) is 28.2 Å². The van der Waals surface area contributed by atoms with Gasteiger partial charge in [-0.05, 0) is 78.8 Å². The van der Waals surface area contributed by atoms with E-state index in [1.807, 2.05) is 30.3 Å². The summed E-state index contributed by atoms with van der Waals surface area (Å²) in [5.41, 5.74) is 6.24. The van der Waals surface area contributed by atoms with Crippen molar-refractivity contribution in [2.45, 2.75) is 32.6 Å². The minimum Gasteiger partial charge on any atom is -0.505 e. The van der Waals surface area contributed by atoms with E-state index in [9.17, 15) is 9.90 Å². The summed E-state index contributed by atoms with van der Waals surface area (Å²) in [5, 5.41) is 36.6. The summed E-state index contributed by atoms with van der Waals surface area (Å²) in [6.45, 7) is 1.78. The van der Waals surface area contributed by atoms with Crippen LogP contribution in [0.3, 0.4) is 0 Å². The number of nitrogens with zero attached hydrogens (tertiary/aromatic N) is 6. The topological polar surface area (TPSA) is 137 Å². The minimum absolute atomic E-state index is 0.0419. The predicted octanol–water partition coefficient (Wildman–Crippen LogP) is 5.32. The molecule has 0 radical (unpaired) electrons. The molecule has 184 valence electrons. The summed E-state index contributed by atoms with van der Waals surface area (Å²) in [5.74, 6) is 0.412. The van der Waals surface area contributed by atoms with Crippen molar-refractivity contribution in [3.8, 4) is 34.0 Å². The van der Waals surface area contributed by atoms with E-state index in [1.165, 1.54) is 28.7 Å². The molecule has 10 heteroatoms. The number of aromatic nitrogens is 6. The monoisotopic (exact) mass is 492 g/mol. The van der Waals surface area contributed by atoms with Gasteiger partial charge in [0.25, 0.3) is 5.56 Å². The van der Waals surface area contributed by atoms with Gasteiger partial charge < -0.3 is 5.11 Å². The molecule has 2 aromatic heterocycles. The fraction of sp³-hybridized carbons (Fsp3) is 0.185. The molecule has 0 saturated heterocycles. The normalized spacial score (nSPS) is 13.2. The molecule has 0 amide bonds. The lowest BCUT2D eigenvalue weighted by atomic mass is 9.91. The summed E-state index contributed by atoms with van der Waals surface area (Å²) in [6, 6.07) is 18.8. The third-order valence-corrected chi connectivity index (χ3v) is 6.68. The molecule has 0 spiro atoms. The lowest BCUT2D eigenvalue weighted by Gasteiger charge is -2.16. The van der Waals surface area contributed by atoms with Crippen LogP contribution < -0.4 is 5.56 Å². The van der Waals surface area contributed by atoms with Crippen LogP contribution in [0, 0.1) is 6.92 Å². The molecule has 0 fully saturated rings. The van der Waals surface area contributed by atoms with E-state index >= 15 is 0 Å². The summed E-state index contributed by atoms with van der Waals surface area (Å²) in [6.07, 6.45) is 4.48. The Balaban J connectivity index is 1.32. The van der Waals surface area contributed by atoms with Crippen LogP contribution >= 0.6 is 0 Å². The number of phenolic OH excluding ortho intramolecular Hbond substituents is 1. The summed E-state index contributed by atoms with van der Waals surface area (Å²) in [4.78, 5) is 13.2. The second kappa shape index (κ2) is 9.30. The van der Waals surface area contributed by atoms with Gasteiger partial charge in [0.2, 0.25) is 5.82 Å². The molecule has 0 saturated carbocycles. The highest BCUT2D eigenvalue weighted by molar-refractivity contribution is 5.78. The number of fused-ring (bicyclic) bond motifs is 1. The zero-order valence-electron chi connectivity index (χ0n) is 20.1. The van der Waals surface area contributed by atoms with Gasteiger partial charge in [-0.15, -0.1) is 20.4 Å². The van der Waals surface area contributed by atoms with E-state index in [1.54, 1.807) is 25.1 Å². The molecule has 5 aromatic rings. The molecule has 0 atom stereocenters. The van der Waals surface area contributed by atoms with Crippen molar-refractivity contribution in [2.75, 3.05) is 0 Å². The second-order valence-corrected chi connectivity index (χ2v) is 9.08. The minimum atomic E-state index is -0.291. The largest absolute Gasteiger partial charge is 0.505 e. The Morgan fingerprint density at radius 2 is 1.76 bits per heavy atom. The number of nitrogens with one attached hydrogen (secondary N) is 2. The van der Waals surface area contributed by atoms with Crippen LogP contribution in [0.5, 0.6) is 5.75 Å². The van der Waals surface area contributed by atoms with Crippen LogP contribution in [0.1, 0.15) is 29.7 Å². The molecule has 10 nitrogen and oxygen atoms in total. The van der Waals surface area contributed by atoms with Crippen LogP contribution in [0.2, 0.25) is 0 Å². The van der Waals surface area contributed by atoms with Crippen molar-refractivity contribution in [1.29, 1.82) is 0 Å². The van der Waals surface area contributed by atoms with Crippen molar-refractivity contribution in [3.05, 3.63) is 87.8 Å². The maximum atomic E-state index is 13.2. The van der Waals surface area contributed by atoms with Crippen molar-refractivity contribution in [2.24, 2.45) is 10.2 Å². The van der Waals surface area contributed by atoms with Gasteiger partial charge in [0.15, 0.2) is 11.4 Å². The molecule has 6 rings (SSSR count). The first-order valence-corrected chi connectivity index (χ1v) is 12.1. The maximum absolute atomic E-state index is 13.2. The number of hydrogen-bond donors (Lipinski definition) is 3. The van der Waals surface area contributed by atoms with E-state index in [2.05, 4.69) is 48.1 Å². The van der Waals surface area contributed by atoms with Gasteiger partial charge >= 0.3 is 0 Å². The highest BCUT2D eigenvalue weighted by Crippen LogP contribution is 2.38. The molecule has 3 aromatic carbocycles. The summed E-state index contributed by atoms with van der Waals surface area (Å²) < 4.78 is 1.50. The number of benzene rings is 3. The third kappa shape index (κ3) is 4.22. The Labute approximate surface area is 211 Å². The highest BCUT2D eigenvalue weighted by Gasteiger charge is 2.16. The first-order valence-electron chi connectivity index (χ1n) is 12.1. The molecule has 0 bridgehead atoms. The van der Waals surface area contributed by atoms with Gasteiger partial charge in [-0.3, -0.25) is 9.89 Å². The standard InChI is InChI=1S/C27H24N8O2/c1-16-24(27(37)35(32-16)21-13-12-17-6-2-3-7-18(17)15-21)29-28-23-11-5-10-22(25(23)36)19-8-4-9-20(14-19)26-30-33-34-31-26/h4-5,8-15,32,36H,2-3,6-7H2,1H3,(H,30,31,33,34). The molecular formula is C27H24N8O2. The van der Waals surface area contributed by atoms with Gasteiger partial charge in [0.05, 0.1) is 11.4 Å². The van der Waals surface area contributed by atoms with E-state index in [-0.39, 0.29) is 22.7 Å². The first-order chi connectivity index (χ1) is 18.1. The molecule has 0 aliphatic heterocycles. The highest BCUT2D eigenvalue weighted by atomic mass is 16.3. The maximum Gasteiger partial charge on any atom is 0.299 e. The Hall–Kier alpha value is -4.86. The molecule has 1 aliphatic rings. The molecule has 0 unspecified atom stereocenters. The molecule has 3 N–H and O–H groups in total. The van der Waals surface area contributed by atoms with Crippen LogP contribution in [-0.4, -0.2) is 35.5 Å². The molecule has 1 aliphatic carbocycles. The molecule has 2 heterocycles. The number of phenols is 1. The smallest absolute Gasteiger partial charge is 0.299 e. The SMILES string of the molecule is Cc1[nH]n(-c2ccc3c(c2)CCCC3)c(=O)c1N=Nc1cccc(-c2cccc(-c3nn[nH]n3)c2)c1O. The second-order valence-electron chi connectivity index (χ2n) is 9.08. The fourth-order valence-electron chi connectivity index (χ4n) is 4.75. The Morgan fingerprint density at radius 1 is 0.946 bits per heavy atom. The van der Waals surface area contributed by atoms with E-state index in [0.29, 0.717) is 17.1 Å². The quantitative estimate of drug-likeness (QED) is 0.285. The number of aryl methyl sites for hydroxylation is 3. The van der Waals surface area contributed by atoms with Crippen molar-refractivity contribution < 1.29 is 5.11 Å². The summed E-state index contributed by atoms with van der Waals surface area (Å²) in [7, 11) is 0. The number of aromatic hydroxyl groups is 1. The Bertz CT molecular complexity index is 1680. The van der Waals surface area contributed by atoms with E-state index in [0.717, 1.165) is 29.7 Å². The number of para-hydroxylation sites is 1. The summed E-state index contributed by atoms with van der Waals surface area (Å²) >= 11 is 0. The number of aromatic amines is 2. The lowest BCUT2D eigenvalue weighted by Crippen LogP contribution is -2.15. The number of H-pyrrole nitrogens is 2. The first kappa shape index (κ1) is 22.6. The van der Waals surface area contributed by atoms with Crippen LogP contribution in [0.4, 0.5) is 11.4 Å². The fourth-order valence-corrected chi connectivity index (χ4v) is 4.75. The number of rotatable bonds is 5. The van der Waals surface area contributed by atoms with Crippen molar-refractivity contribution >= 4 is 11.4 Å². The van der Waals surface area contributed by atoms with E-state index in [4.69, 9.17) is 0 Å². The van der Waals surface area contributed by atoms with Crippen LogP contribution in [0.15, 0.2) is 75.7 Å². The predicted molar refractivity (Wildman–Crippen MR) is 139 cm³/mol. The van der Waals surface area contributed by atoms with E-state index < -0.39 is 0 Å². The zero-order chi connectivity index (χ0) is 25.4. The Morgan fingerprint density at radius 3 is 2.59 bits per heavy atom. The number of azo groups is 1. The van der Waals surface area contributed by atoms with Crippen molar-refractivity contribution in [3.63, 3.8) is 0 Å². The number of hydrogen-bond acceptors (Lipinski definition) is 7. The van der Waals surface area contributed by atoms with Gasteiger partial charge in [-0.25, -0.2) is 4.68 Å². The van der Waals surface area contributed by atoms with Gasteiger partial charge in [-0.1, -0.05) is 36.4 Å². The Kier molecular flexibility index (Phi) is 5.68. The van der Waals surface area contributed by atoms with Gasteiger partial charge in [0.1, 0.15) is 5.69 Å². The van der Waals surface area contributed by atoms with Gasteiger partial charge in [0, 0.05) is 11.1 Å². The third-order valence-electron chi connectivity index (χ3n) is 6.68. The van der Waals surface area contributed by atoms with Crippen molar-refractivity contribution in [1.82, 2.24) is 30.4 Å². The molecular weight excluding hydrogens is 468 g/mol. The zero-order valence-corrected chi connectivity index (χ0v) is 20.1. The average Bonchev–Trinajstić information content (AvgIpc) is 3.56. The van der Waals surface area contributed by atoms with Crippen LogP contribution in [-0.2, 0) is 12.8 Å². The molecule has 37 heavy (non-hydrogen) atoms. The number of tetrazole rings is 1. The van der Waals surface area contributed by atoms with Gasteiger partial charge in [-0.2, -0.15) is 5.21 Å². The average molecular weight is 493 g/mol. The lowest BCUT2D eigenvalue weighted by molar-refractivity contribution is 0.478.